The van der Waals surface area contributed by atoms with E-state index in [1.807, 2.05) is 49.9 Å². The molecule has 1 aromatic heterocycles. The van der Waals surface area contributed by atoms with Crippen LogP contribution in [0.4, 0.5) is 11.6 Å². The van der Waals surface area contributed by atoms with E-state index in [9.17, 15) is 8.42 Å². The highest BCUT2D eigenvalue weighted by Crippen LogP contribution is 2.29. The number of aryl methyl sites for hydroxylation is 1. The summed E-state index contributed by atoms with van der Waals surface area (Å²) in [6, 6.07) is 14.2. The van der Waals surface area contributed by atoms with E-state index < -0.39 is 10.0 Å². The summed E-state index contributed by atoms with van der Waals surface area (Å²) in [6.07, 6.45) is 0.0159. The summed E-state index contributed by atoms with van der Waals surface area (Å²) in [5.41, 5.74) is 2.34. The van der Waals surface area contributed by atoms with Gasteiger partial charge in [-0.25, -0.2) is 18.4 Å². The van der Waals surface area contributed by atoms with Crippen molar-refractivity contribution in [2.45, 2.75) is 37.9 Å². The first-order valence-electron chi connectivity index (χ1n) is 9.58. The molecule has 0 saturated carbocycles. The number of hydrogen-bond acceptors (Lipinski definition) is 6. The average molecular weight is 413 g/mol. The molecular weight excluding hydrogens is 388 g/mol. The molecule has 7 nitrogen and oxygen atoms in total. The molecule has 1 saturated heterocycles. The number of sulfonamides is 1. The second-order valence-corrected chi connectivity index (χ2v) is 9.15. The number of morpholine rings is 1. The van der Waals surface area contributed by atoms with Crippen molar-refractivity contribution in [3.8, 4) is 0 Å². The highest BCUT2D eigenvalue weighted by Gasteiger charge is 2.28. The quantitative estimate of drug-likeness (QED) is 0.707. The molecule has 2 aromatic carbocycles. The maximum atomic E-state index is 13.0. The first-order chi connectivity index (χ1) is 13.8. The van der Waals surface area contributed by atoms with Crippen molar-refractivity contribution in [3.63, 3.8) is 0 Å². The first-order valence-corrected chi connectivity index (χ1v) is 11.1. The zero-order chi connectivity index (χ0) is 20.6. The van der Waals surface area contributed by atoms with Gasteiger partial charge in [0.2, 0.25) is 0 Å². The second kappa shape index (κ2) is 7.61. The molecule has 29 heavy (non-hydrogen) atoms. The van der Waals surface area contributed by atoms with Crippen molar-refractivity contribution in [1.29, 1.82) is 0 Å². The molecular formula is C21H24N4O3S. The monoisotopic (exact) mass is 412 g/mol. The number of nitrogens with zero attached hydrogens (tertiary/aromatic N) is 3. The molecule has 1 fully saturated rings. The smallest absolute Gasteiger partial charge is 0.263 e. The van der Waals surface area contributed by atoms with E-state index in [1.165, 1.54) is 0 Å². The zero-order valence-electron chi connectivity index (χ0n) is 16.7. The normalized spacial score (nSPS) is 20.0. The lowest BCUT2D eigenvalue weighted by atomic mass is 10.2. The van der Waals surface area contributed by atoms with Gasteiger partial charge in [0.25, 0.3) is 10.0 Å². The Bertz CT molecular complexity index is 1120. The topological polar surface area (TPSA) is 84.4 Å². The van der Waals surface area contributed by atoms with Gasteiger partial charge in [0, 0.05) is 13.1 Å². The van der Waals surface area contributed by atoms with Crippen LogP contribution in [0.15, 0.2) is 53.4 Å². The zero-order valence-corrected chi connectivity index (χ0v) is 17.5. The Morgan fingerprint density at radius 1 is 0.966 bits per heavy atom. The van der Waals surface area contributed by atoms with E-state index in [0.717, 1.165) is 5.56 Å². The summed E-state index contributed by atoms with van der Waals surface area (Å²) in [7, 11) is -3.80. The fraction of sp³-hybridized carbons (Fsp3) is 0.333. The molecule has 3 aromatic rings. The predicted molar refractivity (Wildman–Crippen MR) is 114 cm³/mol. The third kappa shape index (κ3) is 4.18. The molecule has 0 amide bonds. The van der Waals surface area contributed by atoms with Crippen molar-refractivity contribution < 1.29 is 13.2 Å². The van der Waals surface area contributed by atoms with E-state index in [1.54, 1.807) is 24.3 Å². The van der Waals surface area contributed by atoms with E-state index in [0.29, 0.717) is 29.9 Å². The van der Waals surface area contributed by atoms with Gasteiger partial charge in [0.05, 0.1) is 28.1 Å². The Labute approximate surface area is 170 Å². The molecule has 2 heterocycles. The molecule has 4 rings (SSSR count). The van der Waals surface area contributed by atoms with Crippen LogP contribution in [0.5, 0.6) is 0 Å². The number of para-hydroxylation sites is 2. The van der Waals surface area contributed by atoms with Crippen molar-refractivity contribution in [3.05, 3.63) is 54.1 Å². The molecule has 1 aliphatic rings. The van der Waals surface area contributed by atoms with Crippen LogP contribution in [0.2, 0.25) is 0 Å². The minimum Gasteiger partial charge on any atom is -0.372 e. The Kier molecular flexibility index (Phi) is 5.14. The Morgan fingerprint density at radius 2 is 1.55 bits per heavy atom. The van der Waals surface area contributed by atoms with Gasteiger partial charge in [0.15, 0.2) is 11.6 Å². The molecule has 0 spiro atoms. The summed E-state index contributed by atoms with van der Waals surface area (Å²) >= 11 is 0. The van der Waals surface area contributed by atoms with E-state index in [4.69, 9.17) is 9.72 Å². The average Bonchev–Trinajstić information content (AvgIpc) is 2.66. The highest BCUT2D eigenvalue weighted by atomic mass is 32.2. The number of nitrogens with one attached hydrogen (secondary N) is 1. The van der Waals surface area contributed by atoms with Gasteiger partial charge in [-0.1, -0.05) is 29.8 Å². The Morgan fingerprint density at radius 3 is 2.17 bits per heavy atom. The number of fused-ring (bicyclic) bond motifs is 1. The molecule has 2 unspecified atom stereocenters. The fourth-order valence-corrected chi connectivity index (χ4v) is 4.54. The SMILES string of the molecule is Cc1ccc(S(=O)(=O)Nc2nc3ccccc3nc2N2CC(C)OC(C)C2)cc1. The number of rotatable bonds is 4. The van der Waals surface area contributed by atoms with Crippen LogP contribution in [-0.2, 0) is 14.8 Å². The van der Waals surface area contributed by atoms with Crippen LogP contribution in [-0.4, -0.2) is 43.7 Å². The van der Waals surface area contributed by atoms with Gasteiger partial charge in [-0.3, -0.25) is 4.72 Å². The summed E-state index contributed by atoms with van der Waals surface area (Å²) in [4.78, 5) is 11.6. The molecule has 0 aliphatic carbocycles. The third-order valence-corrected chi connectivity index (χ3v) is 6.19. The Balaban J connectivity index is 1.78. The number of hydrogen-bond donors (Lipinski definition) is 1. The summed E-state index contributed by atoms with van der Waals surface area (Å²) in [6.45, 7) is 7.12. The van der Waals surface area contributed by atoms with Gasteiger partial charge in [0.1, 0.15) is 0 Å². The largest absolute Gasteiger partial charge is 0.372 e. The van der Waals surface area contributed by atoms with Crippen molar-refractivity contribution >= 4 is 32.7 Å². The molecule has 152 valence electrons. The van der Waals surface area contributed by atoms with E-state index in [-0.39, 0.29) is 22.9 Å². The van der Waals surface area contributed by atoms with Crippen LogP contribution >= 0.6 is 0 Å². The number of anilines is 2. The van der Waals surface area contributed by atoms with Crippen LogP contribution in [0.1, 0.15) is 19.4 Å². The highest BCUT2D eigenvalue weighted by molar-refractivity contribution is 7.92. The van der Waals surface area contributed by atoms with Gasteiger partial charge >= 0.3 is 0 Å². The van der Waals surface area contributed by atoms with Gasteiger partial charge in [-0.15, -0.1) is 0 Å². The minimum absolute atomic E-state index is 0.00794. The van der Waals surface area contributed by atoms with Crippen LogP contribution in [0.25, 0.3) is 11.0 Å². The molecule has 2 atom stereocenters. The fourth-order valence-electron chi connectivity index (χ4n) is 3.53. The predicted octanol–water partition coefficient (Wildman–Crippen LogP) is 3.35. The van der Waals surface area contributed by atoms with E-state index in [2.05, 4.69) is 9.71 Å². The first kappa shape index (κ1) is 19.6. The molecule has 0 bridgehead atoms. The number of ether oxygens (including phenoxy) is 1. The van der Waals surface area contributed by atoms with E-state index >= 15 is 0 Å². The number of benzene rings is 2. The lowest BCUT2D eigenvalue weighted by Crippen LogP contribution is -2.46. The van der Waals surface area contributed by atoms with Crippen molar-refractivity contribution in [1.82, 2.24) is 9.97 Å². The van der Waals surface area contributed by atoms with Crippen molar-refractivity contribution in [2.24, 2.45) is 0 Å². The third-order valence-electron chi connectivity index (χ3n) is 4.83. The lowest BCUT2D eigenvalue weighted by Gasteiger charge is -2.36. The molecule has 8 heteroatoms. The van der Waals surface area contributed by atoms with Gasteiger partial charge in [-0.05, 0) is 45.0 Å². The summed E-state index contributed by atoms with van der Waals surface area (Å²) in [5.74, 6) is 0.743. The standard InChI is InChI=1S/C21H24N4O3S/c1-14-8-10-17(11-9-14)29(26,27)24-20-21(25-12-15(2)28-16(3)13-25)23-19-7-5-4-6-18(19)22-20/h4-11,15-16H,12-13H2,1-3H3,(H,22,24). The molecule has 1 aliphatic heterocycles. The van der Waals surface area contributed by atoms with Crippen LogP contribution < -0.4 is 9.62 Å². The maximum absolute atomic E-state index is 13.0. The van der Waals surface area contributed by atoms with Crippen molar-refractivity contribution in [2.75, 3.05) is 22.7 Å². The van der Waals surface area contributed by atoms with Gasteiger partial charge in [-0.2, -0.15) is 0 Å². The Hall–Kier alpha value is -2.71. The number of aromatic nitrogens is 2. The van der Waals surface area contributed by atoms with Crippen LogP contribution in [0, 0.1) is 6.92 Å². The summed E-state index contributed by atoms with van der Waals surface area (Å²) in [5, 5.41) is 0. The molecule has 0 radical (unpaired) electrons. The molecule has 1 N–H and O–H groups in total. The van der Waals surface area contributed by atoms with Gasteiger partial charge < -0.3 is 9.64 Å². The lowest BCUT2D eigenvalue weighted by molar-refractivity contribution is -0.00540. The minimum atomic E-state index is -3.80. The maximum Gasteiger partial charge on any atom is 0.263 e. The second-order valence-electron chi connectivity index (χ2n) is 7.47. The summed E-state index contributed by atoms with van der Waals surface area (Å²) < 4.78 is 34.5. The van der Waals surface area contributed by atoms with Crippen LogP contribution in [0.3, 0.4) is 0 Å².